The van der Waals surface area contributed by atoms with E-state index in [2.05, 4.69) is 5.32 Å². The molecular weight excluding hydrogens is 310 g/mol. The number of carbonyl (C=O) groups excluding carboxylic acids is 2. The molecule has 3 heterocycles. The van der Waals surface area contributed by atoms with E-state index < -0.39 is 0 Å². The Morgan fingerprint density at radius 1 is 1.09 bits per heavy atom. The molecule has 3 rings (SSSR count). The number of anilines is 1. The lowest BCUT2D eigenvalue weighted by molar-refractivity contribution is -0.137. The lowest BCUT2D eigenvalue weighted by atomic mass is 9.95. The summed E-state index contributed by atoms with van der Waals surface area (Å²) in [5.41, 5.74) is 0. The van der Waals surface area contributed by atoms with Gasteiger partial charge in [-0.05, 0) is 51.2 Å². The first-order valence-corrected chi connectivity index (χ1v) is 9.36. The van der Waals surface area contributed by atoms with Crippen molar-refractivity contribution in [1.29, 1.82) is 0 Å². The average molecular weight is 335 g/mol. The van der Waals surface area contributed by atoms with Crippen LogP contribution in [-0.2, 0) is 4.79 Å². The van der Waals surface area contributed by atoms with Gasteiger partial charge in [0.25, 0.3) is 0 Å². The van der Waals surface area contributed by atoms with E-state index in [4.69, 9.17) is 0 Å². The lowest BCUT2D eigenvalue weighted by Gasteiger charge is -2.36. The molecule has 0 aromatic carbocycles. The number of aryl methyl sites for hydroxylation is 1. The standard InChI is InChI=1S/C17H25N3O2S/c1-13-7-8-15(23-13)18-17(22)20-11-5-6-14(12-20)16(21)19-9-3-2-4-10-19/h7-8,14H,2-6,9-12H2,1H3,(H,18,22)/t14-/m1/s1. The Morgan fingerprint density at radius 3 is 2.52 bits per heavy atom. The van der Waals surface area contributed by atoms with Crippen molar-refractivity contribution in [1.82, 2.24) is 9.80 Å². The molecule has 2 fully saturated rings. The number of likely N-dealkylation sites (tertiary alicyclic amines) is 2. The minimum atomic E-state index is -0.0806. The number of nitrogens with zero attached hydrogens (tertiary/aromatic N) is 2. The van der Waals surface area contributed by atoms with Gasteiger partial charge in [-0.1, -0.05) is 0 Å². The van der Waals surface area contributed by atoms with E-state index in [1.165, 1.54) is 11.3 Å². The van der Waals surface area contributed by atoms with Gasteiger partial charge in [0.15, 0.2) is 0 Å². The highest BCUT2D eigenvalue weighted by molar-refractivity contribution is 7.16. The number of urea groups is 1. The zero-order chi connectivity index (χ0) is 16.2. The van der Waals surface area contributed by atoms with E-state index in [9.17, 15) is 9.59 Å². The Morgan fingerprint density at radius 2 is 1.83 bits per heavy atom. The summed E-state index contributed by atoms with van der Waals surface area (Å²) in [6.45, 7) is 5.08. The quantitative estimate of drug-likeness (QED) is 0.901. The van der Waals surface area contributed by atoms with E-state index in [1.807, 2.05) is 24.0 Å². The van der Waals surface area contributed by atoms with Crippen LogP contribution in [0.5, 0.6) is 0 Å². The maximum atomic E-state index is 12.7. The smallest absolute Gasteiger partial charge is 0.322 e. The van der Waals surface area contributed by atoms with Crippen molar-refractivity contribution in [2.45, 2.75) is 39.0 Å². The molecule has 1 N–H and O–H groups in total. The number of thiophene rings is 1. The molecule has 23 heavy (non-hydrogen) atoms. The van der Waals surface area contributed by atoms with Crippen molar-refractivity contribution in [2.24, 2.45) is 5.92 Å². The predicted molar refractivity (Wildman–Crippen MR) is 92.8 cm³/mol. The fraction of sp³-hybridized carbons (Fsp3) is 0.647. The molecule has 1 aromatic heterocycles. The summed E-state index contributed by atoms with van der Waals surface area (Å²) in [6.07, 6.45) is 5.25. The minimum Gasteiger partial charge on any atom is -0.342 e. The number of piperidine rings is 2. The predicted octanol–water partition coefficient (Wildman–Crippen LogP) is 3.31. The first kappa shape index (κ1) is 16.3. The maximum absolute atomic E-state index is 12.7. The fourth-order valence-corrected chi connectivity index (χ4v) is 4.18. The van der Waals surface area contributed by atoms with Crippen molar-refractivity contribution in [3.63, 3.8) is 0 Å². The molecule has 0 saturated carbocycles. The van der Waals surface area contributed by atoms with Crippen LogP contribution < -0.4 is 5.32 Å². The van der Waals surface area contributed by atoms with Crippen LogP contribution in [-0.4, -0.2) is 47.9 Å². The summed E-state index contributed by atoms with van der Waals surface area (Å²) in [6, 6.07) is 3.85. The van der Waals surface area contributed by atoms with Gasteiger partial charge < -0.3 is 9.80 Å². The van der Waals surface area contributed by atoms with E-state index in [0.717, 1.165) is 50.3 Å². The Hall–Kier alpha value is -1.56. The number of rotatable bonds is 2. The van der Waals surface area contributed by atoms with Crippen molar-refractivity contribution in [3.05, 3.63) is 17.0 Å². The average Bonchev–Trinajstić information content (AvgIpc) is 3.00. The van der Waals surface area contributed by atoms with Crippen molar-refractivity contribution in [3.8, 4) is 0 Å². The topological polar surface area (TPSA) is 52.7 Å². The zero-order valence-electron chi connectivity index (χ0n) is 13.7. The molecule has 2 aliphatic rings. The third-order valence-corrected chi connectivity index (χ3v) is 5.61. The molecule has 1 aromatic rings. The highest BCUT2D eigenvalue weighted by atomic mass is 32.1. The van der Waals surface area contributed by atoms with Crippen LogP contribution in [0.4, 0.5) is 9.80 Å². The van der Waals surface area contributed by atoms with Gasteiger partial charge in [-0.3, -0.25) is 10.1 Å². The van der Waals surface area contributed by atoms with E-state index >= 15 is 0 Å². The van der Waals surface area contributed by atoms with Gasteiger partial charge in [0.2, 0.25) is 5.91 Å². The van der Waals surface area contributed by atoms with E-state index in [0.29, 0.717) is 6.54 Å². The second-order valence-corrected chi connectivity index (χ2v) is 7.80. The fourth-order valence-electron chi connectivity index (χ4n) is 3.42. The van der Waals surface area contributed by atoms with Crippen LogP contribution in [0.15, 0.2) is 12.1 Å². The van der Waals surface area contributed by atoms with Crippen LogP contribution in [0.25, 0.3) is 0 Å². The Labute approximate surface area is 141 Å². The highest BCUT2D eigenvalue weighted by Crippen LogP contribution is 2.24. The monoisotopic (exact) mass is 335 g/mol. The molecule has 126 valence electrons. The number of nitrogens with one attached hydrogen (secondary N) is 1. The van der Waals surface area contributed by atoms with Crippen LogP contribution in [0.1, 0.15) is 37.0 Å². The van der Waals surface area contributed by atoms with Crippen LogP contribution in [0, 0.1) is 12.8 Å². The van der Waals surface area contributed by atoms with Gasteiger partial charge in [0, 0.05) is 31.1 Å². The second-order valence-electron chi connectivity index (χ2n) is 6.51. The number of carbonyl (C=O) groups is 2. The maximum Gasteiger partial charge on any atom is 0.322 e. The first-order valence-electron chi connectivity index (χ1n) is 8.54. The zero-order valence-corrected chi connectivity index (χ0v) is 14.5. The second kappa shape index (κ2) is 7.34. The summed E-state index contributed by atoms with van der Waals surface area (Å²) in [4.78, 5) is 30.0. The van der Waals surface area contributed by atoms with Gasteiger partial charge in [-0.25, -0.2) is 4.79 Å². The summed E-state index contributed by atoms with van der Waals surface area (Å²) in [7, 11) is 0. The largest absolute Gasteiger partial charge is 0.342 e. The molecule has 0 radical (unpaired) electrons. The van der Waals surface area contributed by atoms with Crippen molar-refractivity contribution in [2.75, 3.05) is 31.5 Å². The molecule has 2 saturated heterocycles. The molecule has 0 aliphatic carbocycles. The van der Waals surface area contributed by atoms with Crippen molar-refractivity contribution < 1.29 is 9.59 Å². The first-order chi connectivity index (χ1) is 11.1. The SMILES string of the molecule is Cc1ccc(NC(=O)N2CCC[C@@H](C(=O)N3CCCCC3)C2)s1. The molecule has 1 atom stereocenters. The minimum absolute atomic E-state index is 0.0299. The van der Waals surface area contributed by atoms with Crippen LogP contribution in [0.3, 0.4) is 0 Å². The Balaban J connectivity index is 1.56. The number of hydrogen-bond acceptors (Lipinski definition) is 3. The van der Waals surface area contributed by atoms with E-state index in [-0.39, 0.29) is 17.9 Å². The van der Waals surface area contributed by atoms with Crippen LogP contribution in [0.2, 0.25) is 0 Å². The molecule has 0 spiro atoms. The lowest BCUT2D eigenvalue weighted by Crippen LogP contribution is -2.48. The highest BCUT2D eigenvalue weighted by Gasteiger charge is 2.31. The third-order valence-electron chi connectivity index (χ3n) is 4.70. The molecular formula is C17H25N3O2S. The number of hydrogen-bond donors (Lipinski definition) is 1. The Bertz CT molecular complexity index is 566. The molecule has 5 nitrogen and oxygen atoms in total. The van der Waals surface area contributed by atoms with Gasteiger partial charge in [0.1, 0.15) is 0 Å². The van der Waals surface area contributed by atoms with Crippen molar-refractivity contribution >= 4 is 28.3 Å². The molecule has 0 unspecified atom stereocenters. The summed E-state index contributed by atoms with van der Waals surface area (Å²) in [5, 5.41) is 3.82. The van der Waals surface area contributed by atoms with Gasteiger partial charge in [0.05, 0.1) is 10.9 Å². The van der Waals surface area contributed by atoms with Crippen LogP contribution >= 0.6 is 11.3 Å². The Kier molecular flexibility index (Phi) is 5.20. The number of amides is 3. The molecule has 6 heteroatoms. The molecule has 0 bridgehead atoms. The van der Waals surface area contributed by atoms with Gasteiger partial charge in [-0.2, -0.15) is 0 Å². The third kappa shape index (κ3) is 4.05. The molecule has 2 aliphatic heterocycles. The molecule has 3 amide bonds. The summed E-state index contributed by atoms with van der Waals surface area (Å²) >= 11 is 1.58. The van der Waals surface area contributed by atoms with Gasteiger partial charge >= 0.3 is 6.03 Å². The normalized spacial score (nSPS) is 22.0. The van der Waals surface area contributed by atoms with E-state index in [1.54, 1.807) is 16.2 Å². The summed E-state index contributed by atoms with van der Waals surface area (Å²) in [5.74, 6) is 0.215. The summed E-state index contributed by atoms with van der Waals surface area (Å²) < 4.78 is 0. The van der Waals surface area contributed by atoms with Gasteiger partial charge in [-0.15, -0.1) is 11.3 Å².